The van der Waals surface area contributed by atoms with Crippen LogP contribution < -0.4 is 5.32 Å². The average molecular weight is 492 g/mol. The maximum atomic E-state index is 13.6. The number of carbonyl (C=O) groups excluding carboxylic acids is 3. The van der Waals surface area contributed by atoms with E-state index in [1.54, 1.807) is 9.80 Å². The summed E-state index contributed by atoms with van der Waals surface area (Å²) in [5.41, 5.74) is 3.49. The molecule has 1 fully saturated rings. The quantitative estimate of drug-likeness (QED) is 0.667. The molecular formula is C29H37N3O4. The third-order valence-corrected chi connectivity index (χ3v) is 6.97. The predicted octanol–water partition coefficient (Wildman–Crippen LogP) is 4.79. The summed E-state index contributed by atoms with van der Waals surface area (Å²) in [5, 5.41) is 3.01. The summed E-state index contributed by atoms with van der Waals surface area (Å²) in [7, 11) is 0. The smallest absolute Gasteiger partial charge is 0.411 e. The third-order valence-electron chi connectivity index (χ3n) is 6.97. The number of anilines is 1. The number of fused-ring (bicyclic) bond motifs is 1. The van der Waals surface area contributed by atoms with Crippen molar-refractivity contribution in [1.82, 2.24) is 9.80 Å². The van der Waals surface area contributed by atoms with E-state index in [2.05, 4.69) is 12.2 Å². The van der Waals surface area contributed by atoms with Gasteiger partial charge in [-0.25, -0.2) is 4.79 Å². The van der Waals surface area contributed by atoms with Gasteiger partial charge in [0.1, 0.15) is 11.6 Å². The van der Waals surface area contributed by atoms with Crippen LogP contribution in [0, 0.1) is 5.92 Å². The van der Waals surface area contributed by atoms with Crippen LogP contribution >= 0.6 is 0 Å². The standard InChI is InChI=1S/C29H37N3O4/c1-5-20-10-12-24(13-11-20)30-26(33)21-14-16-31(17-15-21)27(34)25-18-22-8-6-7-9-23(22)19-32(25)28(35)36-29(2,3)4/h6-13,21,25H,5,14-19H2,1-4H3,(H,30,33). The molecule has 1 atom stereocenters. The van der Waals surface area contributed by atoms with Crippen molar-refractivity contribution < 1.29 is 19.1 Å². The van der Waals surface area contributed by atoms with Crippen molar-refractivity contribution in [3.05, 3.63) is 65.2 Å². The molecule has 4 rings (SSSR count). The summed E-state index contributed by atoms with van der Waals surface area (Å²) >= 11 is 0. The number of aryl methyl sites for hydroxylation is 1. The molecule has 2 aromatic rings. The molecule has 3 amide bonds. The number of rotatable bonds is 4. The van der Waals surface area contributed by atoms with Crippen molar-refractivity contribution in [1.29, 1.82) is 0 Å². The summed E-state index contributed by atoms with van der Waals surface area (Å²) in [6.45, 7) is 8.91. The van der Waals surface area contributed by atoms with Gasteiger partial charge in [-0.1, -0.05) is 43.3 Å². The summed E-state index contributed by atoms with van der Waals surface area (Å²) in [5.74, 6) is -0.230. The van der Waals surface area contributed by atoms with Crippen LogP contribution in [-0.4, -0.2) is 52.4 Å². The van der Waals surface area contributed by atoms with E-state index in [0.29, 0.717) is 38.9 Å². The summed E-state index contributed by atoms with van der Waals surface area (Å²) in [4.78, 5) is 42.9. The van der Waals surface area contributed by atoms with Crippen LogP contribution in [-0.2, 0) is 33.7 Å². The van der Waals surface area contributed by atoms with Gasteiger partial charge in [-0.15, -0.1) is 0 Å². The molecule has 36 heavy (non-hydrogen) atoms. The molecule has 0 bridgehead atoms. The number of likely N-dealkylation sites (tertiary alicyclic amines) is 1. The van der Waals surface area contributed by atoms with Gasteiger partial charge in [-0.2, -0.15) is 0 Å². The molecule has 2 aliphatic rings. The number of carbonyl (C=O) groups is 3. The second kappa shape index (κ2) is 10.7. The monoisotopic (exact) mass is 491 g/mol. The highest BCUT2D eigenvalue weighted by molar-refractivity contribution is 5.93. The van der Waals surface area contributed by atoms with Crippen LogP contribution in [0.2, 0.25) is 0 Å². The lowest BCUT2D eigenvalue weighted by molar-refractivity contribution is -0.140. The topological polar surface area (TPSA) is 79.0 Å². The molecule has 2 heterocycles. The summed E-state index contributed by atoms with van der Waals surface area (Å²) in [6, 6.07) is 15.2. The Hall–Kier alpha value is -3.35. The summed E-state index contributed by atoms with van der Waals surface area (Å²) in [6.07, 6.45) is 2.14. The lowest BCUT2D eigenvalue weighted by atomic mass is 9.91. The molecule has 0 spiro atoms. The number of nitrogens with one attached hydrogen (secondary N) is 1. The van der Waals surface area contributed by atoms with E-state index in [0.717, 1.165) is 23.2 Å². The minimum absolute atomic E-state index is 0.00618. The second-order valence-corrected chi connectivity index (χ2v) is 10.7. The Morgan fingerprint density at radius 1 is 0.972 bits per heavy atom. The lowest BCUT2D eigenvalue weighted by Gasteiger charge is -2.40. The van der Waals surface area contributed by atoms with Gasteiger partial charge >= 0.3 is 6.09 Å². The zero-order chi connectivity index (χ0) is 25.9. The zero-order valence-electron chi connectivity index (χ0n) is 21.8. The van der Waals surface area contributed by atoms with Crippen LogP contribution in [0.5, 0.6) is 0 Å². The zero-order valence-corrected chi connectivity index (χ0v) is 21.8. The maximum Gasteiger partial charge on any atom is 0.411 e. The molecule has 0 aromatic heterocycles. The first-order valence-electron chi connectivity index (χ1n) is 12.9. The predicted molar refractivity (Wildman–Crippen MR) is 139 cm³/mol. The number of amides is 3. The van der Waals surface area contributed by atoms with E-state index in [4.69, 9.17) is 4.74 Å². The SMILES string of the molecule is CCc1ccc(NC(=O)C2CCN(C(=O)C3Cc4ccccc4CN3C(=O)OC(C)(C)C)CC2)cc1. The normalized spacial score (nSPS) is 18.4. The van der Waals surface area contributed by atoms with Gasteiger partial charge in [0, 0.05) is 31.1 Å². The number of hydrogen-bond acceptors (Lipinski definition) is 4. The summed E-state index contributed by atoms with van der Waals surface area (Å²) < 4.78 is 5.64. The molecule has 0 saturated carbocycles. The van der Waals surface area contributed by atoms with Crippen molar-refractivity contribution in [2.75, 3.05) is 18.4 Å². The minimum atomic E-state index is -0.649. The Labute approximate surface area is 213 Å². The minimum Gasteiger partial charge on any atom is -0.444 e. The Balaban J connectivity index is 1.40. The molecule has 1 saturated heterocycles. The van der Waals surface area contributed by atoms with E-state index in [1.165, 1.54) is 5.56 Å². The van der Waals surface area contributed by atoms with Gasteiger partial charge in [0.05, 0.1) is 6.54 Å². The van der Waals surface area contributed by atoms with Crippen molar-refractivity contribution >= 4 is 23.6 Å². The highest BCUT2D eigenvalue weighted by Gasteiger charge is 2.40. The van der Waals surface area contributed by atoms with Gasteiger partial charge in [0.2, 0.25) is 11.8 Å². The van der Waals surface area contributed by atoms with Crippen LogP contribution in [0.1, 0.15) is 57.2 Å². The van der Waals surface area contributed by atoms with E-state index >= 15 is 0 Å². The van der Waals surface area contributed by atoms with Crippen LogP contribution in [0.15, 0.2) is 48.5 Å². The second-order valence-electron chi connectivity index (χ2n) is 10.7. The van der Waals surface area contributed by atoms with Gasteiger partial charge in [0.15, 0.2) is 0 Å². The number of piperidine rings is 1. The van der Waals surface area contributed by atoms with Crippen molar-refractivity contribution in [2.45, 2.75) is 71.6 Å². The Morgan fingerprint density at radius 3 is 2.22 bits per heavy atom. The van der Waals surface area contributed by atoms with Crippen molar-refractivity contribution in [3.63, 3.8) is 0 Å². The average Bonchev–Trinajstić information content (AvgIpc) is 2.87. The first-order chi connectivity index (χ1) is 17.1. The van der Waals surface area contributed by atoms with E-state index < -0.39 is 17.7 Å². The fourth-order valence-corrected chi connectivity index (χ4v) is 4.90. The van der Waals surface area contributed by atoms with E-state index in [1.807, 2.05) is 69.3 Å². The molecule has 192 valence electrons. The maximum absolute atomic E-state index is 13.6. The number of nitrogens with zero attached hydrogens (tertiary/aromatic N) is 2. The molecule has 0 aliphatic carbocycles. The van der Waals surface area contributed by atoms with Gasteiger partial charge < -0.3 is 15.0 Å². The van der Waals surface area contributed by atoms with E-state index in [9.17, 15) is 14.4 Å². The Bertz CT molecular complexity index is 1100. The first kappa shape index (κ1) is 25.7. The van der Waals surface area contributed by atoms with Gasteiger partial charge in [0.25, 0.3) is 0 Å². The molecule has 2 aliphatic heterocycles. The molecule has 2 aromatic carbocycles. The van der Waals surface area contributed by atoms with Crippen molar-refractivity contribution in [3.8, 4) is 0 Å². The van der Waals surface area contributed by atoms with Gasteiger partial charge in [-0.05, 0) is 68.9 Å². The highest BCUT2D eigenvalue weighted by Crippen LogP contribution is 2.28. The number of hydrogen-bond donors (Lipinski definition) is 1. The molecule has 7 heteroatoms. The molecule has 7 nitrogen and oxygen atoms in total. The van der Waals surface area contributed by atoms with Crippen LogP contribution in [0.3, 0.4) is 0 Å². The number of ether oxygens (including phenoxy) is 1. The first-order valence-corrected chi connectivity index (χ1v) is 12.9. The Morgan fingerprint density at radius 2 is 1.61 bits per heavy atom. The molecular weight excluding hydrogens is 454 g/mol. The van der Waals surface area contributed by atoms with Crippen LogP contribution in [0.4, 0.5) is 10.5 Å². The molecule has 1 N–H and O–H groups in total. The van der Waals surface area contributed by atoms with Gasteiger partial charge in [-0.3, -0.25) is 14.5 Å². The Kier molecular flexibility index (Phi) is 7.67. The molecule has 0 radical (unpaired) electrons. The fraction of sp³-hybridized carbons (Fsp3) is 0.483. The molecule has 1 unspecified atom stereocenters. The number of benzene rings is 2. The fourth-order valence-electron chi connectivity index (χ4n) is 4.90. The van der Waals surface area contributed by atoms with E-state index in [-0.39, 0.29) is 17.7 Å². The lowest BCUT2D eigenvalue weighted by Crippen LogP contribution is -2.56. The van der Waals surface area contributed by atoms with Crippen molar-refractivity contribution in [2.24, 2.45) is 5.92 Å². The largest absolute Gasteiger partial charge is 0.444 e. The third kappa shape index (κ3) is 6.07. The highest BCUT2D eigenvalue weighted by atomic mass is 16.6. The van der Waals surface area contributed by atoms with Crippen LogP contribution in [0.25, 0.3) is 0 Å².